The van der Waals surface area contributed by atoms with Crippen LogP contribution in [-0.4, -0.2) is 13.2 Å². The number of hydrogen-bond donors (Lipinski definition) is 0. The highest BCUT2D eigenvalue weighted by atomic mass is 16.5. The van der Waals surface area contributed by atoms with Gasteiger partial charge < -0.3 is 4.74 Å². The number of ether oxygens (including phenoxy) is 1. The number of hydrogen-bond acceptors (Lipinski definition) is 1. The van der Waals surface area contributed by atoms with Gasteiger partial charge in [-0.15, -0.1) is 6.42 Å². The highest BCUT2D eigenvalue weighted by Crippen LogP contribution is 2.36. The van der Waals surface area contributed by atoms with E-state index in [-0.39, 0.29) is 5.41 Å². The molecule has 1 nitrogen and oxygen atoms in total. The first-order chi connectivity index (χ1) is 5.21. The maximum Gasteiger partial charge on any atom is 0.0480 e. The molecule has 0 bridgehead atoms. The zero-order chi connectivity index (χ0) is 8.32. The summed E-state index contributed by atoms with van der Waals surface area (Å²) in [6.45, 7) is 6.07. The molecular formula is C10H16O. The molecule has 1 heteroatoms. The fourth-order valence-electron chi connectivity index (χ4n) is 1.62. The lowest BCUT2D eigenvalue weighted by Gasteiger charge is -2.35. The predicted octanol–water partition coefficient (Wildman–Crippen LogP) is 2.07. The standard InChI is InChI=1S/C10H16O/c1-4-10(9(2)3)5-7-11-8-6-10/h1,9H,5-8H2,2-3H3. The van der Waals surface area contributed by atoms with Gasteiger partial charge in [0.15, 0.2) is 0 Å². The summed E-state index contributed by atoms with van der Waals surface area (Å²) in [5.74, 6) is 3.52. The Labute approximate surface area is 69.1 Å². The van der Waals surface area contributed by atoms with Crippen LogP contribution in [0.1, 0.15) is 26.7 Å². The second-order valence-electron chi connectivity index (χ2n) is 3.57. The van der Waals surface area contributed by atoms with Crippen LogP contribution < -0.4 is 0 Å². The Bertz CT molecular complexity index is 158. The third-order valence-corrected chi connectivity index (χ3v) is 2.78. The Kier molecular flexibility index (Phi) is 2.57. The van der Waals surface area contributed by atoms with Gasteiger partial charge in [0.25, 0.3) is 0 Å². The first-order valence-corrected chi connectivity index (χ1v) is 4.27. The Balaban J connectivity index is 2.67. The molecule has 11 heavy (non-hydrogen) atoms. The summed E-state index contributed by atoms with van der Waals surface area (Å²) in [6.07, 6.45) is 7.59. The Morgan fingerprint density at radius 2 is 1.91 bits per heavy atom. The molecule has 1 saturated heterocycles. The van der Waals surface area contributed by atoms with E-state index >= 15 is 0 Å². The van der Waals surface area contributed by atoms with Crippen molar-refractivity contribution in [2.24, 2.45) is 11.3 Å². The average molecular weight is 152 g/mol. The van der Waals surface area contributed by atoms with Crippen molar-refractivity contribution in [1.82, 2.24) is 0 Å². The van der Waals surface area contributed by atoms with E-state index in [0.29, 0.717) is 5.92 Å². The molecular weight excluding hydrogens is 136 g/mol. The molecule has 0 aromatic carbocycles. The van der Waals surface area contributed by atoms with Gasteiger partial charge in [0, 0.05) is 18.6 Å². The van der Waals surface area contributed by atoms with E-state index in [1.807, 2.05) is 0 Å². The molecule has 0 N–H and O–H groups in total. The topological polar surface area (TPSA) is 9.23 Å². The van der Waals surface area contributed by atoms with Crippen LogP contribution in [-0.2, 0) is 4.74 Å². The Morgan fingerprint density at radius 1 is 1.36 bits per heavy atom. The first-order valence-electron chi connectivity index (χ1n) is 4.27. The van der Waals surface area contributed by atoms with Crippen molar-refractivity contribution in [2.75, 3.05) is 13.2 Å². The molecule has 0 atom stereocenters. The van der Waals surface area contributed by atoms with E-state index in [1.54, 1.807) is 0 Å². The summed E-state index contributed by atoms with van der Waals surface area (Å²) in [5, 5.41) is 0. The summed E-state index contributed by atoms with van der Waals surface area (Å²) in [6, 6.07) is 0. The van der Waals surface area contributed by atoms with E-state index in [9.17, 15) is 0 Å². The quantitative estimate of drug-likeness (QED) is 0.523. The van der Waals surface area contributed by atoms with Gasteiger partial charge in [0.05, 0.1) is 0 Å². The maximum absolute atomic E-state index is 5.53. The van der Waals surface area contributed by atoms with Gasteiger partial charge in [-0.2, -0.15) is 0 Å². The van der Waals surface area contributed by atoms with Crippen molar-refractivity contribution in [1.29, 1.82) is 0 Å². The molecule has 0 amide bonds. The number of rotatable bonds is 1. The van der Waals surface area contributed by atoms with E-state index in [4.69, 9.17) is 11.2 Å². The molecule has 62 valence electrons. The van der Waals surface area contributed by atoms with Gasteiger partial charge in [-0.25, -0.2) is 0 Å². The average Bonchev–Trinajstić information content (AvgIpc) is 2.05. The van der Waals surface area contributed by atoms with Crippen LogP contribution in [0.25, 0.3) is 0 Å². The van der Waals surface area contributed by atoms with E-state index < -0.39 is 0 Å². The SMILES string of the molecule is C#CC1(C(C)C)CCOCC1. The normalized spacial score (nSPS) is 23.1. The molecule has 0 radical (unpaired) electrons. The molecule has 0 spiro atoms. The molecule has 1 fully saturated rings. The van der Waals surface area contributed by atoms with Crippen molar-refractivity contribution in [3.63, 3.8) is 0 Å². The second-order valence-corrected chi connectivity index (χ2v) is 3.57. The van der Waals surface area contributed by atoms with Gasteiger partial charge in [0.1, 0.15) is 0 Å². The van der Waals surface area contributed by atoms with Gasteiger partial charge in [0.2, 0.25) is 0 Å². The van der Waals surface area contributed by atoms with Crippen LogP contribution in [0.2, 0.25) is 0 Å². The minimum Gasteiger partial charge on any atom is -0.381 e. The van der Waals surface area contributed by atoms with Crippen LogP contribution in [0, 0.1) is 23.7 Å². The molecule has 0 saturated carbocycles. The van der Waals surface area contributed by atoms with Crippen molar-refractivity contribution in [2.45, 2.75) is 26.7 Å². The van der Waals surface area contributed by atoms with Crippen LogP contribution in [0.15, 0.2) is 0 Å². The lowest BCUT2D eigenvalue weighted by atomic mass is 9.72. The van der Waals surface area contributed by atoms with Crippen molar-refractivity contribution in [3.8, 4) is 12.3 Å². The van der Waals surface area contributed by atoms with E-state index in [1.165, 1.54) is 0 Å². The molecule has 1 aliphatic heterocycles. The molecule has 0 unspecified atom stereocenters. The van der Waals surface area contributed by atoms with Crippen molar-refractivity contribution in [3.05, 3.63) is 0 Å². The molecule has 0 aromatic heterocycles. The fourth-order valence-corrected chi connectivity index (χ4v) is 1.62. The third-order valence-electron chi connectivity index (χ3n) is 2.78. The largest absolute Gasteiger partial charge is 0.381 e. The van der Waals surface area contributed by atoms with Crippen LogP contribution >= 0.6 is 0 Å². The van der Waals surface area contributed by atoms with E-state index in [0.717, 1.165) is 26.1 Å². The van der Waals surface area contributed by atoms with Gasteiger partial charge >= 0.3 is 0 Å². The zero-order valence-electron chi connectivity index (χ0n) is 7.39. The van der Waals surface area contributed by atoms with Gasteiger partial charge in [-0.05, 0) is 18.8 Å². The van der Waals surface area contributed by atoms with Crippen LogP contribution in [0.3, 0.4) is 0 Å². The summed E-state index contributed by atoms with van der Waals surface area (Å²) in [4.78, 5) is 0. The molecule has 1 heterocycles. The fraction of sp³-hybridized carbons (Fsp3) is 0.800. The minimum absolute atomic E-state index is 0.123. The predicted molar refractivity (Wildman–Crippen MR) is 46.2 cm³/mol. The molecule has 1 rings (SSSR count). The van der Waals surface area contributed by atoms with Gasteiger partial charge in [-0.3, -0.25) is 0 Å². The Hall–Kier alpha value is -0.480. The molecule has 1 aliphatic rings. The lowest BCUT2D eigenvalue weighted by Crippen LogP contribution is -2.32. The van der Waals surface area contributed by atoms with Gasteiger partial charge in [-0.1, -0.05) is 19.8 Å². The summed E-state index contributed by atoms with van der Waals surface area (Å²) >= 11 is 0. The van der Waals surface area contributed by atoms with Crippen molar-refractivity contribution < 1.29 is 4.74 Å². The third kappa shape index (κ3) is 1.57. The smallest absolute Gasteiger partial charge is 0.0480 e. The van der Waals surface area contributed by atoms with Crippen molar-refractivity contribution >= 4 is 0 Å². The highest BCUT2D eigenvalue weighted by Gasteiger charge is 2.33. The summed E-state index contributed by atoms with van der Waals surface area (Å²) in [5.41, 5.74) is 0.123. The Morgan fingerprint density at radius 3 is 2.18 bits per heavy atom. The highest BCUT2D eigenvalue weighted by molar-refractivity contribution is 5.08. The van der Waals surface area contributed by atoms with E-state index in [2.05, 4.69) is 19.8 Å². The minimum atomic E-state index is 0.123. The zero-order valence-corrected chi connectivity index (χ0v) is 7.39. The summed E-state index contributed by atoms with van der Waals surface area (Å²) in [7, 11) is 0. The molecule has 0 aromatic rings. The lowest BCUT2D eigenvalue weighted by molar-refractivity contribution is 0.0216. The first kappa shape index (κ1) is 8.62. The molecule has 0 aliphatic carbocycles. The monoisotopic (exact) mass is 152 g/mol. The summed E-state index contributed by atoms with van der Waals surface area (Å²) < 4.78 is 5.28. The number of terminal acetylenes is 1. The second kappa shape index (κ2) is 3.28. The van der Waals surface area contributed by atoms with Crippen LogP contribution in [0.4, 0.5) is 0 Å². The van der Waals surface area contributed by atoms with Crippen LogP contribution in [0.5, 0.6) is 0 Å². The maximum atomic E-state index is 5.53.